The largest absolute Gasteiger partial charge is 0.378 e. The highest BCUT2D eigenvalue weighted by Gasteiger charge is 2.39. The van der Waals surface area contributed by atoms with E-state index in [1.165, 1.54) is 24.8 Å². The molecule has 1 aromatic carbocycles. The molecule has 0 spiro atoms. The van der Waals surface area contributed by atoms with Gasteiger partial charge in [-0.2, -0.15) is 0 Å². The van der Waals surface area contributed by atoms with Crippen LogP contribution in [-0.4, -0.2) is 19.8 Å². The molecule has 1 atom stereocenters. The maximum absolute atomic E-state index is 6.04. The van der Waals surface area contributed by atoms with E-state index in [1.807, 2.05) is 32.4 Å². The summed E-state index contributed by atoms with van der Waals surface area (Å²) in [5, 5.41) is 4.16. The van der Waals surface area contributed by atoms with E-state index in [1.54, 1.807) is 0 Å². The van der Waals surface area contributed by atoms with Crippen molar-refractivity contribution in [3.05, 3.63) is 34.9 Å². The van der Waals surface area contributed by atoms with Crippen molar-refractivity contribution in [1.29, 1.82) is 0 Å². The van der Waals surface area contributed by atoms with E-state index in [4.69, 9.17) is 16.3 Å². The van der Waals surface area contributed by atoms with Crippen LogP contribution in [0.3, 0.4) is 0 Å². The lowest BCUT2D eigenvalue weighted by Crippen LogP contribution is -2.42. The van der Waals surface area contributed by atoms with Gasteiger partial charge < -0.3 is 10.1 Å². The molecule has 1 saturated carbocycles. The molecule has 1 aliphatic rings. The van der Waals surface area contributed by atoms with E-state index in [9.17, 15) is 0 Å². The smallest absolute Gasteiger partial charge is 0.0697 e. The van der Waals surface area contributed by atoms with Gasteiger partial charge in [-0.15, -0.1) is 0 Å². The lowest BCUT2D eigenvalue weighted by molar-refractivity contribution is -0.0834. The van der Waals surface area contributed by atoms with E-state index >= 15 is 0 Å². The van der Waals surface area contributed by atoms with Gasteiger partial charge in [0.25, 0.3) is 0 Å². The lowest BCUT2D eigenvalue weighted by Gasteiger charge is -2.43. The van der Waals surface area contributed by atoms with Crippen LogP contribution >= 0.6 is 11.6 Å². The quantitative estimate of drug-likeness (QED) is 0.866. The molecule has 0 heterocycles. The maximum Gasteiger partial charge on any atom is 0.0697 e. The molecule has 17 heavy (non-hydrogen) atoms. The highest BCUT2D eigenvalue weighted by atomic mass is 35.5. The lowest BCUT2D eigenvalue weighted by atomic mass is 9.74. The SMILES string of the molecule is CNC(CC1(OC)CCC1)c1cccc(Cl)c1. The van der Waals surface area contributed by atoms with Crippen molar-refractivity contribution in [1.82, 2.24) is 5.32 Å². The Morgan fingerprint density at radius 2 is 2.24 bits per heavy atom. The highest BCUT2D eigenvalue weighted by Crippen LogP contribution is 2.41. The van der Waals surface area contributed by atoms with Gasteiger partial charge in [0.1, 0.15) is 0 Å². The van der Waals surface area contributed by atoms with Crippen LogP contribution in [0.5, 0.6) is 0 Å². The number of halogens is 1. The zero-order valence-corrected chi connectivity index (χ0v) is 11.3. The highest BCUT2D eigenvalue weighted by molar-refractivity contribution is 6.30. The molecule has 0 saturated heterocycles. The molecule has 0 aromatic heterocycles. The predicted molar refractivity (Wildman–Crippen MR) is 71.5 cm³/mol. The molecule has 1 N–H and O–H groups in total. The van der Waals surface area contributed by atoms with E-state index in [0.717, 1.165) is 11.4 Å². The van der Waals surface area contributed by atoms with Crippen LogP contribution in [0, 0.1) is 0 Å². The van der Waals surface area contributed by atoms with Crippen molar-refractivity contribution < 1.29 is 4.74 Å². The molecule has 1 aliphatic carbocycles. The Hall–Kier alpha value is -0.570. The Bertz CT molecular complexity index is 371. The summed E-state index contributed by atoms with van der Waals surface area (Å²) in [5.74, 6) is 0. The summed E-state index contributed by atoms with van der Waals surface area (Å²) < 4.78 is 5.68. The average molecular weight is 254 g/mol. The van der Waals surface area contributed by atoms with Crippen LogP contribution in [0.25, 0.3) is 0 Å². The summed E-state index contributed by atoms with van der Waals surface area (Å²) in [5.41, 5.74) is 1.32. The van der Waals surface area contributed by atoms with Crippen molar-refractivity contribution in [2.75, 3.05) is 14.2 Å². The van der Waals surface area contributed by atoms with E-state index in [-0.39, 0.29) is 5.60 Å². The molecule has 94 valence electrons. The molecular formula is C14H20ClNO. The third kappa shape index (κ3) is 2.82. The monoisotopic (exact) mass is 253 g/mol. The first kappa shape index (κ1) is 12.9. The van der Waals surface area contributed by atoms with Crippen molar-refractivity contribution >= 4 is 11.6 Å². The maximum atomic E-state index is 6.04. The van der Waals surface area contributed by atoms with Crippen molar-refractivity contribution in [3.8, 4) is 0 Å². The standard InChI is InChI=1S/C14H20ClNO/c1-16-13(10-14(17-2)7-4-8-14)11-5-3-6-12(15)9-11/h3,5-6,9,13,16H,4,7-8,10H2,1-2H3. The van der Waals surface area contributed by atoms with Gasteiger partial charge in [0, 0.05) is 18.2 Å². The van der Waals surface area contributed by atoms with E-state index < -0.39 is 0 Å². The molecule has 1 fully saturated rings. The van der Waals surface area contributed by atoms with Gasteiger partial charge in [-0.1, -0.05) is 23.7 Å². The zero-order valence-electron chi connectivity index (χ0n) is 10.5. The number of ether oxygens (including phenoxy) is 1. The summed E-state index contributed by atoms with van der Waals surface area (Å²) in [6.07, 6.45) is 4.63. The van der Waals surface area contributed by atoms with Gasteiger partial charge in [-0.25, -0.2) is 0 Å². The number of rotatable bonds is 5. The molecule has 3 heteroatoms. The topological polar surface area (TPSA) is 21.3 Å². The summed E-state index contributed by atoms with van der Waals surface area (Å²) in [4.78, 5) is 0. The first-order valence-corrected chi connectivity index (χ1v) is 6.55. The molecule has 2 nitrogen and oxygen atoms in total. The Morgan fingerprint density at radius 1 is 1.47 bits per heavy atom. The molecule has 1 unspecified atom stereocenters. The summed E-state index contributed by atoms with van der Waals surface area (Å²) in [7, 11) is 3.82. The van der Waals surface area contributed by atoms with Gasteiger partial charge in [0.05, 0.1) is 5.60 Å². The van der Waals surface area contributed by atoms with Gasteiger partial charge >= 0.3 is 0 Å². The fraction of sp³-hybridized carbons (Fsp3) is 0.571. The Labute approximate surface area is 108 Å². The van der Waals surface area contributed by atoms with Gasteiger partial charge in [-0.05, 0) is 50.4 Å². The number of nitrogens with one attached hydrogen (secondary N) is 1. The third-order valence-corrected chi connectivity index (χ3v) is 4.11. The Morgan fingerprint density at radius 3 is 2.71 bits per heavy atom. The minimum atomic E-state index is 0.0794. The number of methoxy groups -OCH3 is 1. The van der Waals surface area contributed by atoms with Crippen LogP contribution in [0.4, 0.5) is 0 Å². The molecule has 0 bridgehead atoms. The van der Waals surface area contributed by atoms with Crippen LogP contribution in [-0.2, 0) is 4.74 Å². The number of hydrogen-bond donors (Lipinski definition) is 1. The van der Waals surface area contributed by atoms with Crippen LogP contribution in [0.2, 0.25) is 5.02 Å². The van der Waals surface area contributed by atoms with Gasteiger partial charge in [-0.3, -0.25) is 0 Å². The fourth-order valence-corrected chi connectivity index (χ4v) is 2.74. The van der Waals surface area contributed by atoms with Crippen LogP contribution in [0.1, 0.15) is 37.3 Å². The first-order valence-electron chi connectivity index (χ1n) is 6.17. The number of hydrogen-bond acceptors (Lipinski definition) is 2. The van der Waals surface area contributed by atoms with E-state index in [2.05, 4.69) is 11.4 Å². The fourth-order valence-electron chi connectivity index (χ4n) is 2.54. The molecule has 2 rings (SSSR count). The Kier molecular flexibility index (Phi) is 4.08. The second kappa shape index (κ2) is 5.38. The molecule has 0 amide bonds. The van der Waals surface area contributed by atoms with Gasteiger partial charge in [0.15, 0.2) is 0 Å². The number of benzene rings is 1. The van der Waals surface area contributed by atoms with Crippen molar-refractivity contribution in [3.63, 3.8) is 0 Å². The predicted octanol–water partition coefficient (Wildman–Crippen LogP) is 3.56. The minimum Gasteiger partial charge on any atom is -0.378 e. The first-order chi connectivity index (χ1) is 8.19. The second-order valence-electron chi connectivity index (χ2n) is 4.84. The zero-order chi connectivity index (χ0) is 12.3. The summed E-state index contributed by atoms with van der Waals surface area (Å²) in [6, 6.07) is 8.38. The normalized spacial score (nSPS) is 19.7. The third-order valence-electron chi connectivity index (χ3n) is 3.87. The molecule has 0 radical (unpaired) electrons. The van der Waals surface area contributed by atoms with Crippen molar-refractivity contribution in [2.24, 2.45) is 0 Å². The second-order valence-corrected chi connectivity index (χ2v) is 5.28. The van der Waals surface area contributed by atoms with Crippen molar-refractivity contribution in [2.45, 2.75) is 37.3 Å². The average Bonchev–Trinajstić information content (AvgIpc) is 2.29. The Balaban J connectivity index is 2.11. The van der Waals surface area contributed by atoms with E-state index in [0.29, 0.717) is 6.04 Å². The summed E-state index contributed by atoms with van der Waals surface area (Å²) >= 11 is 6.04. The van der Waals surface area contributed by atoms with Gasteiger partial charge in [0.2, 0.25) is 0 Å². The minimum absolute atomic E-state index is 0.0794. The molecular weight excluding hydrogens is 234 g/mol. The van der Waals surface area contributed by atoms with Crippen LogP contribution in [0.15, 0.2) is 24.3 Å². The summed E-state index contributed by atoms with van der Waals surface area (Å²) in [6.45, 7) is 0. The van der Waals surface area contributed by atoms with Crippen LogP contribution < -0.4 is 5.32 Å². The molecule has 0 aliphatic heterocycles. The molecule has 1 aromatic rings.